The highest BCUT2D eigenvalue weighted by Crippen LogP contribution is 2.21. The topological polar surface area (TPSA) is 54.3 Å². The van der Waals surface area contributed by atoms with Crippen LogP contribution >= 0.6 is 0 Å². The zero-order chi connectivity index (χ0) is 13.2. The van der Waals surface area contributed by atoms with Crippen LogP contribution in [0.4, 0.5) is 0 Å². The van der Waals surface area contributed by atoms with E-state index >= 15 is 0 Å². The molecule has 0 aliphatic heterocycles. The van der Waals surface area contributed by atoms with Crippen molar-refractivity contribution >= 4 is 0 Å². The lowest BCUT2D eigenvalue weighted by Crippen LogP contribution is -2.36. The molecule has 1 atom stereocenters. The van der Waals surface area contributed by atoms with Gasteiger partial charge < -0.3 is 14.8 Å². The van der Waals surface area contributed by atoms with E-state index in [1.807, 2.05) is 6.07 Å². The van der Waals surface area contributed by atoms with Gasteiger partial charge in [0.1, 0.15) is 6.10 Å². The van der Waals surface area contributed by atoms with Crippen LogP contribution in [0.1, 0.15) is 46.0 Å². The van der Waals surface area contributed by atoms with E-state index in [9.17, 15) is 0 Å². The molecule has 18 heavy (non-hydrogen) atoms. The van der Waals surface area contributed by atoms with Crippen LogP contribution in [0.15, 0.2) is 0 Å². The quantitative estimate of drug-likeness (QED) is 0.675. The van der Waals surface area contributed by atoms with Gasteiger partial charge >= 0.3 is 0 Å². The van der Waals surface area contributed by atoms with Crippen molar-refractivity contribution in [2.45, 2.75) is 64.2 Å². The molecule has 1 N–H and O–H groups in total. The van der Waals surface area contributed by atoms with Crippen molar-refractivity contribution in [3.63, 3.8) is 0 Å². The third-order valence-corrected chi connectivity index (χ3v) is 3.34. The summed E-state index contributed by atoms with van der Waals surface area (Å²) in [5.41, 5.74) is 0. The van der Waals surface area contributed by atoms with Gasteiger partial charge in [0, 0.05) is 6.04 Å². The molecule has 0 radical (unpaired) electrons. The Bertz CT molecular complexity index is 245. The van der Waals surface area contributed by atoms with Crippen LogP contribution < -0.4 is 5.32 Å². The number of nitrogens with one attached hydrogen (secondary N) is 1. The molecule has 1 aliphatic rings. The van der Waals surface area contributed by atoms with E-state index in [-0.39, 0.29) is 6.10 Å². The fourth-order valence-corrected chi connectivity index (χ4v) is 2.26. The van der Waals surface area contributed by atoms with E-state index in [4.69, 9.17) is 14.7 Å². The van der Waals surface area contributed by atoms with Crippen molar-refractivity contribution in [2.75, 3.05) is 19.8 Å². The minimum Gasteiger partial charge on any atom is -0.376 e. The summed E-state index contributed by atoms with van der Waals surface area (Å²) >= 11 is 0. The van der Waals surface area contributed by atoms with Crippen LogP contribution in [0, 0.1) is 11.3 Å². The van der Waals surface area contributed by atoms with Gasteiger partial charge in [-0.2, -0.15) is 5.26 Å². The van der Waals surface area contributed by atoms with Crippen molar-refractivity contribution in [1.82, 2.24) is 5.32 Å². The lowest BCUT2D eigenvalue weighted by atomic mass is 9.93. The van der Waals surface area contributed by atoms with Crippen LogP contribution in [0.25, 0.3) is 0 Å². The molecule has 1 rings (SSSR count). The van der Waals surface area contributed by atoms with E-state index in [0.29, 0.717) is 25.4 Å². The van der Waals surface area contributed by atoms with Crippen molar-refractivity contribution < 1.29 is 9.47 Å². The number of nitriles is 1. The molecule has 4 heteroatoms. The lowest BCUT2D eigenvalue weighted by Gasteiger charge is -2.29. The van der Waals surface area contributed by atoms with E-state index in [2.05, 4.69) is 12.2 Å². The maximum atomic E-state index is 8.56. The summed E-state index contributed by atoms with van der Waals surface area (Å²) in [6.45, 7) is 6.19. The Balaban J connectivity index is 2.00. The number of hydrogen-bond donors (Lipinski definition) is 1. The van der Waals surface area contributed by atoms with Crippen LogP contribution in [-0.4, -0.2) is 38.0 Å². The Kier molecular flexibility index (Phi) is 7.99. The third kappa shape index (κ3) is 6.34. The van der Waals surface area contributed by atoms with Gasteiger partial charge in [0.25, 0.3) is 0 Å². The maximum Gasteiger partial charge on any atom is 0.141 e. The third-order valence-electron chi connectivity index (χ3n) is 3.34. The minimum atomic E-state index is -0.331. The molecule has 0 aromatic heterocycles. The molecule has 1 saturated carbocycles. The Morgan fingerprint density at radius 3 is 2.61 bits per heavy atom. The standard InChI is InChI=1S/C14H26N2O2/c1-3-8-16-13-4-6-14(7-5-13)18-10-9-17-12(2)11-15/h12-14,16H,3-10H2,1-2H3. The van der Waals surface area contributed by atoms with E-state index in [1.165, 1.54) is 19.3 Å². The number of hydrogen-bond acceptors (Lipinski definition) is 4. The normalized spacial score (nSPS) is 25.6. The van der Waals surface area contributed by atoms with E-state index in [1.54, 1.807) is 6.92 Å². The first-order valence-corrected chi connectivity index (χ1v) is 7.12. The van der Waals surface area contributed by atoms with E-state index < -0.39 is 0 Å². The monoisotopic (exact) mass is 254 g/mol. The van der Waals surface area contributed by atoms with Gasteiger partial charge in [0.2, 0.25) is 0 Å². The molecule has 0 bridgehead atoms. The average molecular weight is 254 g/mol. The van der Waals surface area contributed by atoms with Crippen LogP contribution in [0.5, 0.6) is 0 Å². The summed E-state index contributed by atoms with van der Waals surface area (Å²) in [5, 5.41) is 12.1. The van der Waals surface area contributed by atoms with Gasteiger partial charge in [-0.05, 0) is 45.6 Å². The molecule has 1 unspecified atom stereocenters. The van der Waals surface area contributed by atoms with Gasteiger partial charge in [0.05, 0.1) is 25.4 Å². The summed E-state index contributed by atoms with van der Waals surface area (Å²) < 4.78 is 11.0. The summed E-state index contributed by atoms with van der Waals surface area (Å²) in [7, 11) is 0. The minimum absolute atomic E-state index is 0.331. The first kappa shape index (κ1) is 15.4. The SMILES string of the molecule is CCCNC1CCC(OCCOC(C)C#N)CC1. The zero-order valence-corrected chi connectivity index (χ0v) is 11.7. The van der Waals surface area contributed by atoms with Gasteiger partial charge in [-0.1, -0.05) is 6.92 Å². The molecular weight excluding hydrogens is 228 g/mol. The second-order valence-electron chi connectivity index (χ2n) is 4.94. The summed E-state index contributed by atoms with van der Waals surface area (Å²) in [6.07, 6.45) is 5.93. The fourth-order valence-electron chi connectivity index (χ4n) is 2.26. The summed E-state index contributed by atoms with van der Waals surface area (Å²) in [4.78, 5) is 0. The van der Waals surface area contributed by atoms with Crippen molar-refractivity contribution in [3.8, 4) is 6.07 Å². The molecular formula is C14H26N2O2. The number of ether oxygens (including phenoxy) is 2. The molecule has 1 aliphatic carbocycles. The van der Waals surface area contributed by atoms with Crippen molar-refractivity contribution in [1.29, 1.82) is 5.26 Å². The van der Waals surface area contributed by atoms with Crippen molar-refractivity contribution in [3.05, 3.63) is 0 Å². The van der Waals surface area contributed by atoms with Gasteiger partial charge in [0.15, 0.2) is 0 Å². The summed E-state index contributed by atoms with van der Waals surface area (Å²) in [5.74, 6) is 0. The van der Waals surface area contributed by atoms with Crippen molar-refractivity contribution in [2.24, 2.45) is 0 Å². The van der Waals surface area contributed by atoms with Gasteiger partial charge in [-0.25, -0.2) is 0 Å². The number of rotatable bonds is 8. The van der Waals surface area contributed by atoms with Gasteiger partial charge in [-0.15, -0.1) is 0 Å². The molecule has 0 heterocycles. The Hall–Kier alpha value is -0.630. The second kappa shape index (κ2) is 9.32. The average Bonchev–Trinajstić information content (AvgIpc) is 2.42. The maximum absolute atomic E-state index is 8.56. The van der Waals surface area contributed by atoms with Crippen LogP contribution in [0.3, 0.4) is 0 Å². The highest BCUT2D eigenvalue weighted by atomic mass is 16.5. The molecule has 0 aromatic carbocycles. The Labute approximate surface area is 111 Å². The Morgan fingerprint density at radius 2 is 2.00 bits per heavy atom. The molecule has 0 amide bonds. The zero-order valence-electron chi connectivity index (χ0n) is 11.7. The fraction of sp³-hybridized carbons (Fsp3) is 0.929. The van der Waals surface area contributed by atoms with Crippen LogP contribution in [0.2, 0.25) is 0 Å². The smallest absolute Gasteiger partial charge is 0.141 e. The van der Waals surface area contributed by atoms with Crippen LogP contribution in [-0.2, 0) is 9.47 Å². The number of nitrogens with zero attached hydrogens (tertiary/aromatic N) is 1. The first-order chi connectivity index (χ1) is 8.76. The predicted octanol–water partition coefficient (Wildman–Crippen LogP) is 2.24. The lowest BCUT2D eigenvalue weighted by molar-refractivity contribution is -0.0207. The Morgan fingerprint density at radius 1 is 1.28 bits per heavy atom. The van der Waals surface area contributed by atoms with E-state index in [0.717, 1.165) is 19.4 Å². The largest absolute Gasteiger partial charge is 0.376 e. The summed E-state index contributed by atoms with van der Waals surface area (Å²) in [6, 6.07) is 2.72. The molecule has 4 nitrogen and oxygen atoms in total. The molecule has 0 spiro atoms. The molecule has 104 valence electrons. The first-order valence-electron chi connectivity index (χ1n) is 7.12. The second-order valence-corrected chi connectivity index (χ2v) is 4.94. The highest BCUT2D eigenvalue weighted by molar-refractivity contribution is 4.79. The highest BCUT2D eigenvalue weighted by Gasteiger charge is 2.20. The molecule has 1 fully saturated rings. The predicted molar refractivity (Wildman–Crippen MR) is 71.3 cm³/mol. The molecule has 0 saturated heterocycles. The van der Waals surface area contributed by atoms with Gasteiger partial charge in [-0.3, -0.25) is 0 Å². The molecule has 0 aromatic rings.